The summed E-state index contributed by atoms with van der Waals surface area (Å²) in [6, 6.07) is 6.51. The van der Waals surface area contributed by atoms with E-state index in [4.69, 9.17) is 0 Å². The Balaban J connectivity index is 3.20. The van der Waals surface area contributed by atoms with Crippen molar-refractivity contribution in [3.05, 3.63) is 33.8 Å². The van der Waals surface area contributed by atoms with Crippen LogP contribution in [0.3, 0.4) is 0 Å². The maximum atomic E-state index is 3.52. The van der Waals surface area contributed by atoms with Crippen molar-refractivity contribution in [2.45, 2.75) is 39.5 Å². The van der Waals surface area contributed by atoms with Gasteiger partial charge >= 0.3 is 0 Å². The van der Waals surface area contributed by atoms with Crippen molar-refractivity contribution < 1.29 is 0 Å². The molecule has 0 bridgehead atoms. The first-order valence-electron chi connectivity index (χ1n) is 4.74. The number of aryl methyl sites for hydroxylation is 1. The minimum Gasteiger partial charge on any atom is -0.0646 e. The number of rotatable bonds is 2. The molecule has 0 saturated carbocycles. The Morgan fingerprint density at radius 1 is 1.31 bits per heavy atom. The first kappa shape index (κ1) is 10.8. The summed E-state index contributed by atoms with van der Waals surface area (Å²) in [7, 11) is 0. The van der Waals surface area contributed by atoms with E-state index in [9.17, 15) is 0 Å². The lowest BCUT2D eigenvalue weighted by atomic mass is 9.80. The van der Waals surface area contributed by atoms with E-state index >= 15 is 0 Å². The zero-order valence-corrected chi connectivity index (χ0v) is 10.4. The third kappa shape index (κ3) is 2.34. The van der Waals surface area contributed by atoms with Crippen LogP contribution < -0.4 is 0 Å². The van der Waals surface area contributed by atoms with E-state index in [-0.39, 0.29) is 5.41 Å². The van der Waals surface area contributed by atoms with Gasteiger partial charge in [0.05, 0.1) is 0 Å². The zero-order valence-electron chi connectivity index (χ0n) is 8.82. The van der Waals surface area contributed by atoms with E-state index in [1.807, 2.05) is 0 Å². The third-order valence-electron chi connectivity index (χ3n) is 2.81. The van der Waals surface area contributed by atoms with E-state index < -0.39 is 0 Å². The average Bonchev–Trinajstić information content (AvgIpc) is 2.09. The summed E-state index contributed by atoms with van der Waals surface area (Å²) in [5.74, 6) is 0. The second kappa shape index (κ2) is 3.83. The SMILES string of the molecule is CCC(C)(C)c1cc(Br)ccc1C. The fraction of sp³-hybridized carbons (Fsp3) is 0.500. The Bertz CT molecular complexity index is 300. The van der Waals surface area contributed by atoms with Crippen molar-refractivity contribution in [3.8, 4) is 0 Å². The van der Waals surface area contributed by atoms with E-state index in [0.29, 0.717) is 0 Å². The molecule has 0 fully saturated rings. The normalized spacial score (nSPS) is 11.8. The van der Waals surface area contributed by atoms with Gasteiger partial charge in [0, 0.05) is 4.47 Å². The van der Waals surface area contributed by atoms with Gasteiger partial charge in [-0.25, -0.2) is 0 Å². The van der Waals surface area contributed by atoms with Gasteiger partial charge in [0.1, 0.15) is 0 Å². The summed E-state index contributed by atoms with van der Waals surface area (Å²) < 4.78 is 1.18. The lowest BCUT2D eigenvalue weighted by molar-refractivity contribution is 0.503. The van der Waals surface area contributed by atoms with Crippen molar-refractivity contribution in [1.82, 2.24) is 0 Å². The molecule has 1 aromatic rings. The van der Waals surface area contributed by atoms with Gasteiger partial charge in [0.2, 0.25) is 0 Å². The molecule has 0 aliphatic rings. The second-order valence-corrected chi connectivity index (χ2v) is 5.11. The van der Waals surface area contributed by atoms with Gasteiger partial charge in [0.15, 0.2) is 0 Å². The largest absolute Gasteiger partial charge is 0.0646 e. The molecule has 0 saturated heterocycles. The number of hydrogen-bond acceptors (Lipinski definition) is 0. The first-order valence-corrected chi connectivity index (χ1v) is 5.53. The summed E-state index contributed by atoms with van der Waals surface area (Å²) >= 11 is 3.52. The van der Waals surface area contributed by atoms with Gasteiger partial charge in [-0.05, 0) is 42.0 Å². The molecular weight excluding hydrogens is 224 g/mol. The molecule has 0 aliphatic heterocycles. The van der Waals surface area contributed by atoms with Crippen LogP contribution in [0.2, 0.25) is 0 Å². The van der Waals surface area contributed by atoms with Crippen molar-refractivity contribution in [1.29, 1.82) is 0 Å². The highest BCUT2D eigenvalue weighted by Gasteiger charge is 2.19. The van der Waals surface area contributed by atoms with Crippen LogP contribution >= 0.6 is 15.9 Å². The Hall–Kier alpha value is -0.300. The van der Waals surface area contributed by atoms with Crippen molar-refractivity contribution in [3.63, 3.8) is 0 Å². The summed E-state index contributed by atoms with van der Waals surface area (Å²) in [6.07, 6.45) is 1.17. The molecule has 72 valence electrons. The second-order valence-electron chi connectivity index (χ2n) is 4.20. The molecule has 0 atom stereocenters. The topological polar surface area (TPSA) is 0 Å². The average molecular weight is 241 g/mol. The van der Waals surface area contributed by atoms with E-state index in [2.05, 4.69) is 61.8 Å². The highest BCUT2D eigenvalue weighted by molar-refractivity contribution is 9.10. The lowest BCUT2D eigenvalue weighted by Gasteiger charge is -2.25. The first-order chi connectivity index (χ1) is 5.97. The zero-order chi connectivity index (χ0) is 10.1. The molecule has 1 rings (SSSR count). The Morgan fingerprint density at radius 3 is 2.46 bits per heavy atom. The molecule has 0 unspecified atom stereocenters. The third-order valence-corrected chi connectivity index (χ3v) is 3.31. The number of hydrogen-bond donors (Lipinski definition) is 0. The van der Waals surface area contributed by atoms with Gasteiger partial charge in [-0.3, -0.25) is 0 Å². The van der Waals surface area contributed by atoms with Crippen molar-refractivity contribution in [2.75, 3.05) is 0 Å². The molecule has 0 amide bonds. The minimum absolute atomic E-state index is 0.286. The molecular formula is C12H17Br. The fourth-order valence-electron chi connectivity index (χ4n) is 1.51. The maximum absolute atomic E-state index is 3.52. The number of halogens is 1. The van der Waals surface area contributed by atoms with Crippen LogP contribution in [0.25, 0.3) is 0 Å². The molecule has 0 spiro atoms. The summed E-state index contributed by atoms with van der Waals surface area (Å²) in [6.45, 7) is 9.00. The fourth-order valence-corrected chi connectivity index (χ4v) is 1.87. The molecule has 1 heteroatoms. The molecule has 0 radical (unpaired) electrons. The van der Waals surface area contributed by atoms with Crippen LogP contribution in [-0.2, 0) is 5.41 Å². The highest BCUT2D eigenvalue weighted by atomic mass is 79.9. The van der Waals surface area contributed by atoms with Gasteiger partial charge in [0.25, 0.3) is 0 Å². The lowest BCUT2D eigenvalue weighted by Crippen LogP contribution is -2.16. The maximum Gasteiger partial charge on any atom is 0.0178 e. The Labute approximate surface area is 89.5 Å². The van der Waals surface area contributed by atoms with Gasteiger partial charge < -0.3 is 0 Å². The Morgan fingerprint density at radius 2 is 1.92 bits per heavy atom. The van der Waals surface area contributed by atoms with Crippen LogP contribution in [0, 0.1) is 6.92 Å². The standard InChI is InChI=1S/C12H17Br/c1-5-12(3,4)11-8-10(13)7-6-9(11)2/h6-8H,5H2,1-4H3. The van der Waals surface area contributed by atoms with E-state index in [1.165, 1.54) is 22.0 Å². The van der Waals surface area contributed by atoms with Crippen LogP contribution in [0.1, 0.15) is 38.3 Å². The summed E-state index contributed by atoms with van der Waals surface area (Å²) in [5, 5.41) is 0. The van der Waals surface area contributed by atoms with Crippen LogP contribution in [0.5, 0.6) is 0 Å². The summed E-state index contributed by atoms with van der Waals surface area (Å²) in [5.41, 5.74) is 3.12. The summed E-state index contributed by atoms with van der Waals surface area (Å²) in [4.78, 5) is 0. The monoisotopic (exact) mass is 240 g/mol. The predicted octanol–water partition coefficient (Wildman–Crippen LogP) is 4.45. The van der Waals surface area contributed by atoms with E-state index in [0.717, 1.165) is 0 Å². The molecule has 0 aromatic heterocycles. The van der Waals surface area contributed by atoms with Crippen molar-refractivity contribution in [2.24, 2.45) is 0 Å². The minimum atomic E-state index is 0.286. The van der Waals surface area contributed by atoms with Crippen LogP contribution in [-0.4, -0.2) is 0 Å². The van der Waals surface area contributed by atoms with Crippen LogP contribution in [0.15, 0.2) is 22.7 Å². The van der Waals surface area contributed by atoms with Crippen molar-refractivity contribution >= 4 is 15.9 Å². The predicted molar refractivity (Wildman–Crippen MR) is 62.2 cm³/mol. The molecule has 0 heterocycles. The van der Waals surface area contributed by atoms with Crippen LogP contribution in [0.4, 0.5) is 0 Å². The van der Waals surface area contributed by atoms with Gasteiger partial charge in [-0.15, -0.1) is 0 Å². The molecule has 1 aromatic carbocycles. The molecule has 0 nitrogen and oxygen atoms in total. The van der Waals surface area contributed by atoms with E-state index in [1.54, 1.807) is 0 Å². The van der Waals surface area contributed by atoms with Gasteiger partial charge in [-0.1, -0.05) is 42.8 Å². The molecule has 13 heavy (non-hydrogen) atoms. The van der Waals surface area contributed by atoms with Gasteiger partial charge in [-0.2, -0.15) is 0 Å². The quantitative estimate of drug-likeness (QED) is 0.717. The highest BCUT2D eigenvalue weighted by Crippen LogP contribution is 2.31. The number of benzene rings is 1. The smallest absolute Gasteiger partial charge is 0.0178 e. The molecule has 0 aliphatic carbocycles. The molecule has 0 N–H and O–H groups in total. The Kier molecular flexibility index (Phi) is 3.18.